The van der Waals surface area contributed by atoms with E-state index in [2.05, 4.69) is 12.2 Å². The molecule has 2 atom stereocenters. The van der Waals surface area contributed by atoms with Crippen molar-refractivity contribution in [3.63, 3.8) is 0 Å². The molecule has 4 heteroatoms. The minimum atomic E-state index is 0.0680. The minimum absolute atomic E-state index is 0.0680. The van der Waals surface area contributed by atoms with Gasteiger partial charge in [-0.1, -0.05) is 13.3 Å². The zero-order valence-corrected chi connectivity index (χ0v) is 10.2. The van der Waals surface area contributed by atoms with Crippen molar-refractivity contribution in [2.75, 3.05) is 13.2 Å². The van der Waals surface area contributed by atoms with Crippen molar-refractivity contribution in [3.05, 3.63) is 0 Å². The number of nitrogens with one attached hydrogen (secondary N) is 1. The van der Waals surface area contributed by atoms with E-state index in [1.165, 1.54) is 6.42 Å². The third-order valence-electron chi connectivity index (χ3n) is 2.91. The maximum Gasteiger partial charge on any atom is 0.222 e. The van der Waals surface area contributed by atoms with Gasteiger partial charge in [-0.05, 0) is 25.7 Å². The third kappa shape index (κ3) is 5.47. The Morgan fingerprint density at radius 3 is 3.00 bits per heavy atom. The Balaban J connectivity index is 2.10. The average Bonchev–Trinajstić information content (AvgIpc) is 2.28. The largest absolute Gasteiger partial charge is 0.378 e. The van der Waals surface area contributed by atoms with Crippen molar-refractivity contribution in [2.24, 2.45) is 5.73 Å². The molecular formula is C12H24N2O2. The number of carbonyl (C=O) groups is 1. The van der Waals surface area contributed by atoms with Crippen molar-refractivity contribution in [1.29, 1.82) is 0 Å². The number of nitrogens with two attached hydrogens (primary N) is 1. The van der Waals surface area contributed by atoms with Crippen LogP contribution >= 0.6 is 0 Å². The predicted molar refractivity (Wildman–Crippen MR) is 64.1 cm³/mol. The molecule has 1 heterocycles. The van der Waals surface area contributed by atoms with Crippen LogP contribution in [0.2, 0.25) is 0 Å². The molecule has 0 saturated carbocycles. The molecule has 0 aromatic rings. The first kappa shape index (κ1) is 13.5. The van der Waals surface area contributed by atoms with E-state index in [4.69, 9.17) is 10.5 Å². The van der Waals surface area contributed by atoms with Crippen LogP contribution in [-0.4, -0.2) is 31.2 Å². The van der Waals surface area contributed by atoms with E-state index >= 15 is 0 Å². The Bertz CT molecular complexity index is 203. The Morgan fingerprint density at radius 2 is 2.38 bits per heavy atom. The van der Waals surface area contributed by atoms with Gasteiger partial charge in [0.05, 0.1) is 12.5 Å². The molecule has 0 aromatic carbocycles. The van der Waals surface area contributed by atoms with Gasteiger partial charge < -0.3 is 15.8 Å². The van der Waals surface area contributed by atoms with Crippen LogP contribution in [0.4, 0.5) is 0 Å². The van der Waals surface area contributed by atoms with Gasteiger partial charge in [-0.25, -0.2) is 0 Å². The summed E-state index contributed by atoms with van der Waals surface area (Å²) < 4.78 is 5.51. The highest BCUT2D eigenvalue weighted by molar-refractivity contribution is 5.76. The van der Waals surface area contributed by atoms with Crippen molar-refractivity contribution < 1.29 is 9.53 Å². The van der Waals surface area contributed by atoms with Gasteiger partial charge in [0, 0.05) is 19.2 Å². The molecule has 3 N–H and O–H groups in total. The minimum Gasteiger partial charge on any atom is -0.378 e. The van der Waals surface area contributed by atoms with Crippen molar-refractivity contribution in [2.45, 2.75) is 57.6 Å². The maximum atomic E-state index is 11.6. The molecule has 1 fully saturated rings. The van der Waals surface area contributed by atoms with Gasteiger partial charge >= 0.3 is 0 Å². The van der Waals surface area contributed by atoms with Crippen molar-refractivity contribution >= 4 is 5.91 Å². The first-order valence-corrected chi connectivity index (χ1v) is 6.36. The topological polar surface area (TPSA) is 64.3 Å². The van der Waals surface area contributed by atoms with Crippen LogP contribution < -0.4 is 11.1 Å². The van der Waals surface area contributed by atoms with E-state index in [0.29, 0.717) is 13.0 Å². The van der Waals surface area contributed by atoms with Gasteiger partial charge in [0.25, 0.3) is 0 Å². The summed E-state index contributed by atoms with van der Waals surface area (Å²) in [5.41, 5.74) is 5.82. The lowest BCUT2D eigenvalue weighted by atomic mass is 10.1. The summed E-state index contributed by atoms with van der Waals surface area (Å²) >= 11 is 0. The van der Waals surface area contributed by atoms with Crippen LogP contribution in [0.5, 0.6) is 0 Å². The van der Waals surface area contributed by atoms with Crippen LogP contribution in [0.1, 0.15) is 45.4 Å². The monoisotopic (exact) mass is 228 g/mol. The molecule has 0 aromatic heterocycles. The highest BCUT2D eigenvalue weighted by atomic mass is 16.5. The first-order chi connectivity index (χ1) is 7.72. The molecule has 2 unspecified atom stereocenters. The summed E-state index contributed by atoms with van der Waals surface area (Å²) in [5.74, 6) is 0.0680. The molecule has 0 aliphatic carbocycles. The fourth-order valence-corrected chi connectivity index (χ4v) is 1.97. The van der Waals surface area contributed by atoms with Crippen LogP contribution in [0.3, 0.4) is 0 Å². The van der Waals surface area contributed by atoms with E-state index in [9.17, 15) is 4.79 Å². The van der Waals surface area contributed by atoms with Crippen LogP contribution in [0.25, 0.3) is 0 Å². The van der Waals surface area contributed by atoms with Gasteiger partial charge in [0.15, 0.2) is 0 Å². The summed E-state index contributed by atoms with van der Waals surface area (Å²) in [7, 11) is 0. The fraction of sp³-hybridized carbons (Fsp3) is 0.917. The molecule has 0 radical (unpaired) electrons. The van der Waals surface area contributed by atoms with E-state index < -0.39 is 0 Å². The normalized spacial score (nSPS) is 22.8. The van der Waals surface area contributed by atoms with E-state index in [-0.39, 0.29) is 18.1 Å². The average molecular weight is 228 g/mol. The predicted octanol–water partition coefficient (Wildman–Crippen LogP) is 1.19. The number of carbonyl (C=O) groups excluding carboxylic acids is 1. The molecule has 1 aliphatic heterocycles. The van der Waals surface area contributed by atoms with E-state index in [1.807, 2.05) is 0 Å². The van der Waals surface area contributed by atoms with Gasteiger partial charge in [-0.15, -0.1) is 0 Å². The SMILES string of the molecule is CCCC(N)CNC(=O)CC1CCCCO1. The summed E-state index contributed by atoms with van der Waals surface area (Å²) in [6.07, 6.45) is 5.93. The van der Waals surface area contributed by atoms with E-state index in [1.54, 1.807) is 0 Å². The van der Waals surface area contributed by atoms with Crippen LogP contribution in [-0.2, 0) is 9.53 Å². The Morgan fingerprint density at radius 1 is 1.56 bits per heavy atom. The highest BCUT2D eigenvalue weighted by Gasteiger charge is 2.17. The third-order valence-corrected chi connectivity index (χ3v) is 2.91. The van der Waals surface area contributed by atoms with Crippen molar-refractivity contribution in [3.8, 4) is 0 Å². The molecule has 1 rings (SSSR count). The Kier molecular flexibility index (Phi) is 6.42. The molecule has 16 heavy (non-hydrogen) atoms. The lowest BCUT2D eigenvalue weighted by Gasteiger charge is -2.22. The summed E-state index contributed by atoms with van der Waals surface area (Å²) in [4.78, 5) is 11.6. The molecule has 1 aliphatic rings. The fourth-order valence-electron chi connectivity index (χ4n) is 1.97. The summed E-state index contributed by atoms with van der Waals surface area (Å²) in [6, 6.07) is 0.0845. The van der Waals surface area contributed by atoms with Gasteiger partial charge in [0.1, 0.15) is 0 Å². The number of hydrogen-bond acceptors (Lipinski definition) is 3. The summed E-state index contributed by atoms with van der Waals surface area (Å²) in [6.45, 7) is 3.48. The maximum absolute atomic E-state index is 11.6. The molecule has 94 valence electrons. The number of ether oxygens (including phenoxy) is 1. The quantitative estimate of drug-likeness (QED) is 0.717. The molecule has 4 nitrogen and oxygen atoms in total. The smallest absolute Gasteiger partial charge is 0.222 e. The lowest BCUT2D eigenvalue weighted by Crippen LogP contribution is -2.38. The summed E-state index contributed by atoms with van der Waals surface area (Å²) in [5, 5.41) is 2.87. The molecule has 1 saturated heterocycles. The van der Waals surface area contributed by atoms with Gasteiger partial charge in [-0.2, -0.15) is 0 Å². The van der Waals surface area contributed by atoms with Crippen LogP contribution in [0, 0.1) is 0 Å². The standard InChI is InChI=1S/C12H24N2O2/c1-2-5-10(13)9-14-12(15)8-11-6-3-4-7-16-11/h10-11H,2-9,13H2,1H3,(H,14,15). The molecule has 1 amide bonds. The zero-order valence-electron chi connectivity index (χ0n) is 10.2. The second-order valence-corrected chi connectivity index (χ2v) is 4.55. The second kappa shape index (κ2) is 7.63. The number of hydrogen-bond donors (Lipinski definition) is 2. The Hall–Kier alpha value is -0.610. The molecule has 0 spiro atoms. The Labute approximate surface area is 97.9 Å². The lowest BCUT2D eigenvalue weighted by molar-refractivity contribution is -0.124. The van der Waals surface area contributed by atoms with Gasteiger partial charge in [0.2, 0.25) is 5.91 Å². The zero-order chi connectivity index (χ0) is 11.8. The number of amides is 1. The molecular weight excluding hydrogens is 204 g/mol. The van der Waals surface area contributed by atoms with Crippen molar-refractivity contribution in [1.82, 2.24) is 5.32 Å². The van der Waals surface area contributed by atoms with Crippen LogP contribution in [0.15, 0.2) is 0 Å². The van der Waals surface area contributed by atoms with E-state index in [0.717, 1.165) is 32.3 Å². The van der Waals surface area contributed by atoms with Gasteiger partial charge in [-0.3, -0.25) is 4.79 Å². The first-order valence-electron chi connectivity index (χ1n) is 6.36. The number of rotatable bonds is 6. The highest BCUT2D eigenvalue weighted by Crippen LogP contribution is 2.15. The molecule has 0 bridgehead atoms. The second-order valence-electron chi connectivity index (χ2n) is 4.55.